The van der Waals surface area contributed by atoms with E-state index in [-0.39, 0.29) is 0 Å². The van der Waals surface area contributed by atoms with Crippen molar-refractivity contribution in [3.63, 3.8) is 0 Å². The zero-order chi connectivity index (χ0) is 71.3. The predicted molar refractivity (Wildman–Crippen MR) is 293 cm³/mol. The normalized spacial score (nSPS) is 46.0. The molecule has 554 valence electrons. The SMILES string of the molecule is CC(=O)N[C@H]1[C@H](O[C@H]2[C@@H](O)[C@@H](CO)O[C@@H](O[C@H]3[C@H](O)[C@@H](NC(C)=O)[C@H](O[C@H]4[C@@H](O)[C@@H](CO)O[C@@H](O[C@H]5[C@H](O)[C@@H](NC(C)=O)C(O)O[C@@H]5CO)[C@@H]4O)O[C@@H]3CO)[C@@H]2O)O[C@H](CO)[C@@H](O[C@@H]2O[C@H](CO)[C@H](O)[C@H](O[C@]3(C(=O)[O-])C[C@H](O)[C@@H](NC(C)=O)[C@H]([C@H](O)[C@H](O)CO)O3)[C@H]2O)[C@@H]1O. The number of hydrogen-bond donors (Lipinski definition) is 24. The van der Waals surface area contributed by atoms with E-state index in [2.05, 4.69) is 21.3 Å². The average Bonchev–Trinajstić information content (AvgIpc) is 0.764. The number of carbonyl (C=O) groups is 5. The Balaban J connectivity index is 1.10. The van der Waals surface area contributed by atoms with Crippen LogP contribution in [0.1, 0.15) is 34.1 Å². The largest absolute Gasteiger partial charge is 0.544 e. The summed E-state index contributed by atoms with van der Waals surface area (Å²) < 4.78 is 74.9. The summed E-state index contributed by atoms with van der Waals surface area (Å²) >= 11 is 0. The van der Waals surface area contributed by atoms with E-state index in [1.807, 2.05) is 0 Å². The van der Waals surface area contributed by atoms with Crippen molar-refractivity contribution in [1.29, 1.82) is 0 Å². The standard InChI is InChI=1S/C53H88N4O39/c1-13(65)54-25-17(69)5-53(52(82)83,95-42(25)29(71)18(70)6-58)96-45-32(74)21(9-61)87-51(38(45)80)92-41-24(12-64)89-48(28(35(41)77)57-16(4)68)94-44-31(73)20(8-60)86-50(37(44)79)91-40-23(11-63)88-47(27(34(40)76)56-15(3)67)93-43-30(72)19(7-59)85-49(36(43)78)90-39-22(10-62)84-46(81)26(33(39)75)55-14(2)66/h17-51,58-64,69-81H,5-12H2,1-4H3,(H,54,65)(H,55,66)(H,56,67)(H,57,68)(H,82,83)/p-1/t17-,18+,19+,20+,21+,22+,23+,24+,25+,26+,27+,28+,29+,30-,31-,32-,33+,34+,35+,36+,37+,38+,39+,40+,41+,42+,43-,44-,45-,46?,47-,48-,49-,50-,51-,53-/m0/s1. The van der Waals surface area contributed by atoms with Gasteiger partial charge < -0.3 is 195 Å². The van der Waals surface area contributed by atoms with Gasteiger partial charge in [-0.2, -0.15) is 0 Å². The van der Waals surface area contributed by atoms with E-state index in [1.54, 1.807) is 0 Å². The number of aliphatic hydroxyl groups is 20. The van der Waals surface area contributed by atoms with Crippen LogP contribution in [-0.2, 0) is 85.6 Å². The molecular weight excluding hydrogens is 1320 g/mol. The van der Waals surface area contributed by atoms with Gasteiger partial charge in [-0.15, -0.1) is 0 Å². The number of hydrogen-bond acceptors (Lipinski definition) is 39. The number of aliphatic hydroxyl groups excluding tert-OH is 20. The summed E-state index contributed by atoms with van der Waals surface area (Å²) in [5.41, 5.74) is 0. The Kier molecular flexibility index (Phi) is 28.2. The number of nitrogens with one attached hydrogen (secondary N) is 4. The van der Waals surface area contributed by atoms with Crippen molar-refractivity contribution in [2.75, 3.05) is 46.2 Å². The van der Waals surface area contributed by atoms with Crippen molar-refractivity contribution in [3.8, 4) is 0 Å². The monoisotopic (exact) mass is 1400 g/mol. The quantitative estimate of drug-likeness (QED) is 0.0382. The second kappa shape index (κ2) is 34.1. The predicted octanol–water partition coefficient (Wildman–Crippen LogP) is -17.8. The maximum absolute atomic E-state index is 13.0. The van der Waals surface area contributed by atoms with E-state index >= 15 is 0 Å². The molecule has 4 amide bonds. The van der Waals surface area contributed by atoms with Gasteiger partial charge >= 0.3 is 0 Å². The van der Waals surface area contributed by atoms with Crippen LogP contribution in [-0.4, -0.2) is 398 Å². The Bertz CT molecular complexity index is 2540. The first kappa shape index (κ1) is 79.4. The molecule has 7 aliphatic heterocycles. The Morgan fingerprint density at radius 3 is 1.08 bits per heavy atom. The molecule has 7 heterocycles. The lowest BCUT2D eigenvalue weighted by Gasteiger charge is -2.52. The molecule has 43 nitrogen and oxygen atoms in total. The molecule has 0 aliphatic carbocycles. The zero-order valence-electron chi connectivity index (χ0n) is 51.6. The molecule has 7 aliphatic rings. The van der Waals surface area contributed by atoms with E-state index in [0.29, 0.717) is 0 Å². The van der Waals surface area contributed by atoms with Crippen LogP contribution in [0.4, 0.5) is 0 Å². The molecule has 36 atom stereocenters. The molecule has 0 aromatic rings. The third kappa shape index (κ3) is 17.3. The zero-order valence-corrected chi connectivity index (χ0v) is 51.6. The van der Waals surface area contributed by atoms with Crippen LogP contribution in [0.5, 0.6) is 0 Å². The molecule has 0 spiro atoms. The molecule has 0 saturated carbocycles. The van der Waals surface area contributed by atoms with Crippen LogP contribution in [0.3, 0.4) is 0 Å². The van der Waals surface area contributed by atoms with Gasteiger partial charge in [-0.3, -0.25) is 19.2 Å². The smallest absolute Gasteiger partial charge is 0.217 e. The van der Waals surface area contributed by atoms with Crippen LogP contribution in [0.15, 0.2) is 0 Å². The van der Waals surface area contributed by atoms with Gasteiger partial charge in [-0.05, 0) is 0 Å². The highest BCUT2D eigenvalue weighted by molar-refractivity contribution is 5.75. The second-order valence-electron chi connectivity index (χ2n) is 23.9. The van der Waals surface area contributed by atoms with E-state index in [0.717, 1.165) is 27.7 Å². The summed E-state index contributed by atoms with van der Waals surface area (Å²) in [7, 11) is 0. The Morgan fingerprint density at radius 2 is 0.729 bits per heavy atom. The fourth-order valence-electron chi connectivity index (χ4n) is 12.3. The highest BCUT2D eigenvalue weighted by Crippen LogP contribution is 2.40. The molecule has 7 rings (SSSR count). The maximum Gasteiger partial charge on any atom is 0.217 e. The minimum atomic E-state index is -3.35. The highest BCUT2D eigenvalue weighted by atomic mass is 16.8. The van der Waals surface area contributed by atoms with Crippen LogP contribution in [0.25, 0.3) is 0 Å². The van der Waals surface area contributed by atoms with Gasteiger partial charge in [-0.1, -0.05) is 0 Å². The fraction of sp³-hybridized carbons (Fsp3) is 0.906. The molecule has 7 saturated heterocycles. The molecule has 1 unspecified atom stereocenters. The Hall–Kier alpha value is -3.97. The van der Waals surface area contributed by atoms with Gasteiger partial charge in [-0.25, -0.2) is 0 Å². The Labute approximate surface area is 543 Å². The molecule has 0 radical (unpaired) electrons. The van der Waals surface area contributed by atoms with Gasteiger partial charge in [0.1, 0.15) is 171 Å². The molecule has 7 fully saturated rings. The van der Waals surface area contributed by atoms with Crippen LogP contribution < -0.4 is 26.4 Å². The highest BCUT2D eigenvalue weighted by Gasteiger charge is 2.61. The van der Waals surface area contributed by atoms with Crippen LogP contribution in [0.2, 0.25) is 0 Å². The van der Waals surface area contributed by atoms with Gasteiger partial charge in [0.15, 0.2) is 37.7 Å². The topological polar surface area (TPSA) is 681 Å². The first-order valence-corrected chi connectivity index (χ1v) is 30.2. The summed E-state index contributed by atoms with van der Waals surface area (Å²) in [5, 5.41) is 242. The van der Waals surface area contributed by atoms with Gasteiger partial charge in [0.2, 0.25) is 29.4 Å². The molecule has 96 heavy (non-hydrogen) atoms. The van der Waals surface area contributed by atoms with Gasteiger partial charge in [0, 0.05) is 34.1 Å². The molecule has 43 heteroatoms. The van der Waals surface area contributed by atoms with E-state index in [4.69, 9.17) is 61.6 Å². The Morgan fingerprint density at radius 1 is 0.417 bits per heavy atom. The number of carboxylic acids is 1. The third-order valence-corrected chi connectivity index (χ3v) is 17.1. The summed E-state index contributed by atoms with van der Waals surface area (Å²) in [6, 6.07) is -7.14. The minimum Gasteiger partial charge on any atom is -0.544 e. The lowest BCUT2D eigenvalue weighted by atomic mass is 9.88. The molecule has 0 aromatic carbocycles. The van der Waals surface area contributed by atoms with Crippen molar-refractivity contribution in [2.24, 2.45) is 0 Å². The van der Waals surface area contributed by atoms with Gasteiger partial charge in [0.05, 0.1) is 58.4 Å². The molecule has 0 bridgehead atoms. The average molecular weight is 1400 g/mol. The second-order valence-corrected chi connectivity index (χ2v) is 23.9. The lowest BCUT2D eigenvalue weighted by molar-refractivity contribution is -0.411. The van der Waals surface area contributed by atoms with Crippen molar-refractivity contribution in [2.45, 2.75) is 254 Å². The van der Waals surface area contributed by atoms with Crippen molar-refractivity contribution in [3.05, 3.63) is 0 Å². The van der Waals surface area contributed by atoms with Crippen LogP contribution in [0, 0.1) is 0 Å². The third-order valence-electron chi connectivity index (χ3n) is 17.1. The van der Waals surface area contributed by atoms with Crippen molar-refractivity contribution < 1.29 is 193 Å². The van der Waals surface area contributed by atoms with Crippen molar-refractivity contribution >= 4 is 29.6 Å². The maximum atomic E-state index is 13.0. The lowest BCUT2D eigenvalue weighted by Crippen LogP contribution is -2.72. The summed E-state index contributed by atoms with van der Waals surface area (Å²) in [6.07, 6.45) is -65.5. The van der Waals surface area contributed by atoms with E-state index < -0.39 is 303 Å². The number of rotatable bonds is 26. The molecule has 0 aromatic heterocycles. The van der Waals surface area contributed by atoms with E-state index in [9.17, 15) is 131 Å². The summed E-state index contributed by atoms with van der Waals surface area (Å²) in [4.78, 5) is 62.6. The number of aliphatic carboxylic acids is 1. The van der Waals surface area contributed by atoms with Crippen LogP contribution >= 0.6 is 0 Å². The molecular formula is C53H87N4O39-. The number of amides is 4. The summed E-state index contributed by atoms with van der Waals surface area (Å²) in [5.74, 6) is -9.18. The van der Waals surface area contributed by atoms with Gasteiger partial charge in [0.25, 0.3) is 0 Å². The van der Waals surface area contributed by atoms with E-state index in [1.165, 1.54) is 0 Å². The number of ether oxygens (including phenoxy) is 13. The first-order chi connectivity index (χ1) is 45.2. The number of carbonyl (C=O) groups excluding carboxylic acids is 5. The summed E-state index contributed by atoms with van der Waals surface area (Å²) in [6.45, 7) is -3.87. The number of carboxylic acid groups (broad SMARTS) is 1. The van der Waals surface area contributed by atoms with Crippen molar-refractivity contribution in [1.82, 2.24) is 21.3 Å². The molecule has 24 N–H and O–H groups in total. The minimum absolute atomic E-state index is 0.741. The first-order valence-electron chi connectivity index (χ1n) is 30.2. The fourth-order valence-corrected chi connectivity index (χ4v) is 12.3.